The predicted molar refractivity (Wildman–Crippen MR) is 68.7 cm³/mol. The number of hydrogen-bond donors (Lipinski definition) is 1. The highest BCUT2D eigenvalue weighted by atomic mass is 16.4. The topological polar surface area (TPSA) is 75.4 Å². The number of aryl methyl sites for hydroxylation is 2. The molecule has 104 valence electrons. The number of likely N-dealkylation sites (tertiary alicyclic amines) is 1. The first-order valence-electron chi connectivity index (χ1n) is 6.39. The molecule has 0 saturated carbocycles. The van der Waals surface area contributed by atoms with Crippen LogP contribution in [0.5, 0.6) is 0 Å². The summed E-state index contributed by atoms with van der Waals surface area (Å²) < 4.78 is 1.82. The van der Waals surface area contributed by atoms with E-state index in [1.165, 1.54) is 0 Å². The van der Waals surface area contributed by atoms with Crippen molar-refractivity contribution in [2.75, 3.05) is 13.1 Å². The van der Waals surface area contributed by atoms with Crippen LogP contribution in [0.15, 0.2) is 0 Å². The van der Waals surface area contributed by atoms with Crippen molar-refractivity contribution in [2.45, 2.75) is 26.7 Å². The minimum Gasteiger partial charge on any atom is -0.481 e. The first kappa shape index (κ1) is 13.6. The van der Waals surface area contributed by atoms with Gasteiger partial charge in [0.05, 0.1) is 11.6 Å². The molecule has 1 aliphatic rings. The van der Waals surface area contributed by atoms with E-state index in [1.807, 2.05) is 25.6 Å². The van der Waals surface area contributed by atoms with Crippen LogP contribution in [0.1, 0.15) is 23.4 Å². The monoisotopic (exact) mass is 265 g/mol. The normalized spacial score (nSPS) is 15.4. The second kappa shape index (κ2) is 5.03. The van der Waals surface area contributed by atoms with Gasteiger partial charge >= 0.3 is 5.97 Å². The molecule has 6 heteroatoms. The molecule has 1 amide bonds. The maximum atomic E-state index is 11.9. The number of carboxylic acids is 1. The number of carbonyl (C=O) groups is 2. The van der Waals surface area contributed by atoms with Crippen molar-refractivity contribution in [3.8, 4) is 0 Å². The Morgan fingerprint density at radius 2 is 2.00 bits per heavy atom. The lowest BCUT2D eigenvalue weighted by Gasteiger charge is -2.36. The fourth-order valence-corrected chi connectivity index (χ4v) is 2.41. The first-order chi connectivity index (χ1) is 8.90. The first-order valence-corrected chi connectivity index (χ1v) is 6.39. The second-order valence-corrected chi connectivity index (χ2v) is 5.11. The maximum Gasteiger partial charge on any atom is 0.310 e. The van der Waals surface area contributed by atoms with Gasteiger partial charge in [-0.15, -0.1) is 0 Å². The van der Waals surface area contributed by atoms with Crippen LogP contribution in [0.25, 0.3) is 0 Å². The summed E-state index contributed by atoms with van der Waals surface area (Å²) in [5, 5.41) is 13.1. The van der Waals surface area contributed by atoms with Crippen molar-refractivity contribution in [3.05, 3.63) is 17.0 Å². The second-order valence-electron chi connectivity index (χ2n) is 5.11. The van der Waals surface area contributed by atoms with Crippen LogP contribution in [0, 0.1) is 19.8 Å². The molecule has 0 bridgehead atoms. The van der Waals surface area contributed by atoms with Crippen LogP contribution < -0.4 is 0 Å². The molecule has 0 aromatic carbocycles. The Morgan fingerprint density at radius 3 is 2.47 bits per heavy atom. The third kappa shape index (κ3) is 2.62. The zero-order valence-electron chi connectivity index (χ0n) is 11.5. The van der Waals surface area contributed by atoms with E-state index in [9.17, 15) is 9.59 Å². The molecule has 2 heterocycles. The molecule has 1 fully saturated rings. The van der Waals surface area contributed by atoms with Gasteiger partial charge in [0.25, 0.3) is 0 Å². The number of nitrogens with zero attached hydrogens (tertiary/aromatic N) is 3. The molecule has 0 spiro atoms. The van der Waals surface area contributed by atoms with Gasteiger partial charge in [-0.2, -0.15) is 5.10 Å². The van der Waals surface area contributed by atoms with E-state index in [2.05, 4.69) is 5.10 Å². The molecule has 2 rings (SSSR count). The predicted octanol–water partition coefficient (Wildman–Crippen LogP) is 0.513. The highest BCUT2D eigenvalue weighted by molar-refractivity contribution is 5.81. The van der Waals surface area contributed by atoms with Gasteiger partial charge in [0, 0.05) is 32.3 Å². The van der Waals surface area contributed by atoms with Gasteiger partial charge < -0.3 is 10.0 Å². The summed E-state index contributed by atoms with van der Waals surface area (Å²) >= 11 is 0. The quantitative estimate of drug-likeness (QED) is 0.860. The SMILES string of the molecule is Cc1nn(C)c(C)c1CCC(=O)N1CC(C(=O)O)C1. The van der Waals surface area contributed by atoms with E-state index >= 15 is 0 Å². The average molecular weight is 265 g/mol. The third-order valence-electron chi connectivity index (χ3n) is 3.83. The molecule has 1 aromatic rings. The number of rotatable bonds is 4. The fourth-order valence-electron chi connectivity index (χ4n) is 2.41. The Kier molecular flexibility index (Phi) is 3.59. The summed E-state index contributed by atoms with van der Waals surface area (Å²) in [4.78, 5) is 24.2. The largest absolute Gasteiger partial charge is 0.481 e. The highest BCUT2D eigenvalue weighted by Crippen LogP contribution is 2.19. The molecule has 1 aromatic heterocycles. The van der Waals surface area contributed by atoms with Crippen molar-refractivity contribution in [1.82, 2.24) is 14.7 Å². The van der Waals surface area contributed by atoms with Crippen LogP contribution >= 0.6 is 0 Å². The Bertz CT molecular complexity index is 515. The number of amides is 1. The van der Waals surface area contributed by atoms with Crippen molar-refractivity contribution in [1.29, 1.82) is 0 Å². The van der Waals surface area contributed by atoms with Gasteiger partial charge in [-0.3, -0.25) is 14.3 Å². The summed E-state index contributed by atoms with van der Waals surface area (Å²) in [6.45, 7) is 4.62. The standard InChI is InChI=1S/C13H19N3O3/c1-8-11(9(2)15(3)14-8)4-5-12(17)16-6-10(7-16)13(18)19/h10H,4-7H2,1-3H3,(H,18,19). The van der Waals surface area contributed by atoms with E-state index in [0.29, 0.717) is 25.9 Å². The highest BCUT2D eigenvalue weighted by Gasteiger charge is 2.35. The van der Waals surface area contributed by atoms with Gasteiger partial charge in [0.1, 0.15) is 0 Å². The summed E-state index contributed by atoms with van der Waals surface area (Å²) in [6, 6.07) is 0. The minimum absolute atomic E-state index is 0.0279. The molecule has 6 nitrogen and oxygen atoms in total. The average Bonchev–Trinajstić information content (AvgIpc) is 2.48. The van der Waals surface area contributed by atoms with Gasteiger partial charge in [0.15, 0.2) is 0 Å². The lowest BCUT2D eigenvalue weighted by molar-refractivity contribution is -0.152. The van der Waals surface area contributed by atoms with Gasteiger partial charge in [-0.25, -0.2) is 0 Å². The van der Waals surface area contributed by atoms with Crippen LogP contribution in [0.4, 0.5) is 0 Å². The van der Waals surface area contributed by atoms with Crippen LogP contribution in [-0.4, -0.2) is 44.8 Å². The molecular weight excluding hydrogens is 246 g/mol. The number of carboxylic acid groups (broad SMARTS) is 1. The van der Waals surface area contributed by atoms with E-state index in [4.69, 9.17) is 5.11 Å². The Hall–Kier alpha value is -1.85. The van der Waals surface area contributed by atoms with E-state index in [0.717, 1.165) is 17.0 Å². The van der Waals surface area contributed by atoms with Crippen LogP contribution in [-0.2, 0) is 23.1 Å². The van der Waals surface area contributed by atoms with Gasteiger partial charge in [-0.1, -0.05) is 0 Å². The molecule has 0 unspecified atom stereocenters. The summed E-state index contributed by atoms with van der Waals surface area (Å²) in [5.74, 6) is -1.17. The lowest BCUT2D eigenvalue weighted by atomic mass is 9.99. The molecule has 1 aliphatic heterocycles. The minimum atomic E-state index is -0.817. The Morgan fingerprint density at radius 1 is 1.37 bits per heavy atom. The van der Waals surface area contributed by atoms with E-state index < -0.39 is 5.97 Å². The Balaban J connectivity index is 1.86. The third-order valence-corrected chi connectivity index (χ3v) is 3.83. The van der Waals surface area contributed by atoms with Gasteiger partial charge in [0.2, 0.25) is 5.91 Å². The zero-order valence-corrected chi connectivity index (χ0v) is 11.5. The van der Waals surface area contributed by atoms with Crippen LogP contribution in [0.2, 0.25) is 0 Å². The van der Waals surface area contributed by atoms with Crippen molar-refractivity contribution in [2.24, 2.45) is 13.0 Å². The lowest BCUT2D eigenvalue weighted by Crippen LogP contribution is -2.53. The number of aromatic nitrogens is 2. The number of hydrogen-bond acceptors (Lipinski definition) is 3. The molecule has 0 atom stereocenters. The molecule has 0 radical (unpaired) electrons. The maximum absolute atomic E-state index is 11.9. The van der Waals surface area contributed by atoms with Crippen molar-refractivity contribution in [3.63, 3.8) is 0 Å². The zero-order chi connectivity index (χ0) is 14.2. The van der Waals surface area contributed by atoms with E-state index in [-0.39, 0.29) is 11.8 Å². The Labute approximate surface area is 112 Å². The summed E-state index contributed by atoms with van der Waals surface area (Å²) in [5.41, 5.74) is 3.16. The van der Waals surface area contributed by atoms with Crippen LogP contribution in [0.3, 0.4) is 0 Å². The number of aliphatic carboxylic acids is 1. The van der Waals surface area contributed by atoms with E-state index in [1.54, 1.807) is 4.90 Å². The van der Waals surface area contributed by atoms with Crippen molar-refractivity contribution >= 4 is 11.9 Å². The van der Waals surface area contributed by atoms with Gasteiger partial charge in [-0.05, 0) is 25.8 Å². The molecule has 0 aliphatic carbocycles. The number of carbonyl (C=O) groups excluding carboxylic acids is 1. The summed E-state index contributed by atoms with van der Waals surface area (Å²) in [6.07, 6.45) is 1.08. The molecule has 1 N–H and O–H groups in total. The van der Waals surface area contributed by atoms with Crippen molar-refractivity contribution < 1.29 is 14.7 Å². The fraction of sp³-hybridized carbons (Fsp3) is 0.615. The molecule has 1 saturated heterocycles. The molecule has 19 heavy (non-hydrogen) atoms. The molecular formula is C13H19N3O3. The smallest absolute Gasteiger partial charge is 0.310 e. The summed E-state index contributed by atoms with van der Waals surface area (Å²) in [7, 11) is 1.89.